The van der Waals surface area contributed by atoms with E-state index >= 15 is 0 Å². The van der Waals surface area contributed by atoms with E-state index in [0.29, 0.717) is 19.7 Å². The normalized spacial score (nSPS) is 24.9. The Labute approximate surface area is 109 Å². The average molecular weight is 259 g/mol. The van der Waals surface area contributed by atoms with Gasteiger partial charge in [-0.1, -0.05) is 13.8 Å². The fraction of sp³-hybridized carbons (Fsp3) is 0.923. The molecule has 0 amide bonds. The summed E-state index contributed by atoms with van der Waals surface area (Å²) in [5.74, 6) is -0.0585. The SMILES string of the molecule is COC(=O)CC1CN(CC(C)(O)C(C)C)CCO1. The molecule has 1 saturated heterocycles. The summed E-state index contributed by atoms with van der Waals surface area (Å²) < 4.78 is 10.2. The third-order valence-electron chi connectivity index (χ3n) is 3.63. The molecule has 2 atom stereocenters. The number of ether oxygens (including phenoxy) is 2. The zero-order valence-corrected chi connectivity index (χ0v) is 11.8. The number of nitrogens with zero attached hydrogens (tertiary/aromatic N) is 1. The van der Waals surface area contributed by atoms with Gasteiger partial charge >= 0.3 is 5.97 Å². The van der Waals surface area contributed by atoms with Gasteiger partial charge in [0.2, 0.25) is 0 Å². The number of methoxy groups -OCH3 is 1. The molecule has 1 rings (SSSR count). The van der Waals surface area contributed by atoms with Crippen molar-refractivity contribution < 1.29 is 19.4 Å². The van der Waals surface area contributed by atoms with Gasteiger partial charge in [-0.15, -0.1) is 0 Å². The Morgan fingerprint density at radius 2 is 2.28 bits per heavy atom. The van der Waals surface area contributed by atoms with Crippen LogP contribution in [-0.4, -0.2) is 61.0 Å². The smallest absolute Gasteiger partial charge is 0.308 e. The molecule has 0 radical (unpaired) electrons. The van der Waals surface area contributed by atoms with E-state index in [2.05, 4.69) is 9.64 Å². The fourth-order valence-electron chi connectivity index (χ4n) is 1.95. The molecule has 1 aliphatic heterocycles. The number of hydrogen-bond acceptors (Lipinski definition) is 5. The number of carbonyl (C=O) groups excluding carboxylic acids is 1. The zero-order valence-electron chi connectivity index (χ0n) is 11.8. The Morgan fingerprint density at radius 3 is 2.83 bits per heavy atom. The Morgan fingerprint density at radius 1 is 1.61 bits per heavy atom. The molecule has 5 nitrogen and oxygen atoms in total. The first-order chi connectivity index (χ1) is 8.35. The first kappa shape index (κ1) is 15.4. The second kappa shape index (κ2) is 6.50. The van der Waals surface area contributed by atoms with Crippen LogP contribution in [-0.2, 0) is 14.3 Å². The predicted octanol–water partition coefficient (Wildman–Crippen LogP) is 0.657. The molecular weight excluding hydrogens is 234 g/mol. The minimum Gasteiger partial charge on any atom is -0.469 e. The molecule has 0 aromatic carbocycles. The van der Waals surface area contributed by atoms with Crippen LogP contribution in [0.2, 0.25) is 0 Å². The van der Waals surface area contributed by atoms with Crippen LogP contribution < -0.4 is 0 Å². The van der Waals surface area contributed by atoms with Gasteiger partial charge in [-0.3, -0.25) is 9.69 Å². The third kappa shape index (κ3) is 4.55. The van der Waals surface area contributed by atoms with Crippen LogP contribution in [0.3, 0.4) is 0 Å². The largest absolute Gasteiger partial charge is 0.469 e. The molecule has 1 aliphatic rings. The highest BCUT2D eigenvalue weighted by molar-refractivity contribution is 5.69. The van der Waals surface area contributed by atoms with Crippen molar-refractivity contribution in [1.82, 2.24) is 4.90 Å². The second-order valence-corrected chi connectivity index (χ2v) is 5.52. The van der Waals surface area contributed by atoms with E-state index in [4.69, 9.17) is 4.74 Å². The fourth-order valence-corrected chi connectivity index (χ4v) is 1.95. The lowest BCUT2D eigenvalue weighted by atomic mass is 9.91. The summed E-state index contributed by atoms with van der Waals surface area (Å²) in [6.45, 7) is 8.52. The molecular formula is C13H25NO4. The van der Waals surface area contributed by atoms with E-state index in [1.165, 1.54) is 7.11 Å². The van der Waals surface area contributed by atoms with Crippen LogP contribution in [0.15, 0.2) is 0 Å². The molecule has 106 valence electrons. The third-order valence-corrected chi connectivity index (χ3v) is 3.63. The number of esters is 1. The molecule has 1 N–H and O–H groups in total. The van der Waals surface area contributed by atoms with Crippen LogP contribution in [0.4, 0.5) is 0 Å². The monoisotopic (exact) mass is 259 g/mol. The Kier molecular flexibility index (Phi) is 5.56. The van der Waals surface area contributed by atoms with Gasteiger partial charge in [0.05, 0.1) is 31.8 Å². The summed E-state index contributed by atoms with van der Waals surface area (Å²) in [6.07, 6.45) is 0.144. The summed E-state index contributed by atoms with van der Waals surface area (Å²) >= 11 is 0. The zero-order chi connectivity index (χ0) is 13.8. The van der Waals surface area contributed by atoms with Gasteiger partial charge in [0.1, 0.15) is 0 Å². The maximum atomic E-state index is 11.2. The van der Waals surface area contributed by atoms with Gasteiger partial charge < -0.3 is 14.6 Å². The van der Waals surface area contributed by atoms with Crippen molar-refractivity contribution in [3.63, 3.8) is 0 Å². The number of rotatable bonds is 5. The standard InChI is InChI=1S/C13H25NO4/c1-10(2)13(3,16)9-14-5-6-18-11(8-14)7-12(15)17-4/h10-11,16H,5-9H2,1-4H3. The number of aliphatic hydroxyl groups is 1. The summed E-state index contributed by atoms with van der Waals surface area (Å²) in [5, 5.41) is 10.3. The van der Waals surface area contributed by atoms with Crippen LogP contribution in [0.25, 0.3) is 0 Å². The van der Waals surface area contributed by atoms with Crippen LogP contribution in [0.5, 0.6) is 0 Å². The summed E-state index contributed by atoms with van der Waals surface area (Å²) in [5.41, 5.74) is -0.715. The molecule has 5 heteroatoms. The number of morpholine rings is 1. The Balaban J connectivity index is 2.46. The first-order valence-corrected chi connectivity index (χ1v) is 6.48. The number of β-amino-alcohol motifs (C(OH)–C–C–N with tert-alkyl or cyclic N) is 1. The van der Waals surface area contributed by atoms with Crippen LogP contribution in [0.1, 0.15) is 27.2 Å². The predicted molar refractivity (Wildman–Crippen MR) is 68.3 cm³/mol. The minimum atomic E-state index is -0.715. The maximum absolute atomic E-state index is 11.2. The van der Waals surface area contributed by atoms with E-state index in [9.17, 15) is 9.90 Å². The molecule has 0 aromatic heterocycles. The molecule has 0 aromatic rings. The topological polar surface area (TPSA) is 59.0 Å². The van der Waals surface area contributed by atoms with Gasteiger partial charge in [-0.25, -0.2) is 0 Å². The molecule has 1 heterocycles. The first-order valence-electron chi connectivity index (χ1n) is 6.48. The van der Waals surface area contributed by atoms with E-state index in [1.807, 2.05) is 20.8 Å². The van der Waals surface area contributed by atoms with Gasteiger partial charge in [-0.05, 0) is 12.8 Å². The quantitative estimate of drug-likeness (QED) is 0.735. The molecule has 0 spiro atoms. The summed E-state index contributed by atoms with van der Waals surface area (Å²) in [6, 6.07) is 0. The molecule has 2 unspecified atom stereocenters. The van der Waals surface area contributed by atoms with Gasteiger partial charge in [0.25, 0.3) is 0 Å². The van der Waals surface area contributed by atoms with E-state index in [1.54, 1.807) is 0 Å². The van der Waals surface area contributed by atoms with Crippen molar-refractivity contribution in [2.24, 2.45) is 5.92 Å². The van der Waals surface area contributed by atoms with E-state index in [-0.39, 0.29) is 24.4 Å². The van der Waals surface area contributed by atoms with E-state index in [0.717, 1.165) is 6.54 Å². The van der Waals surface area contributed by atoms with Gasteiger partial charge in [0, 0.05) is 19.6 Å². The highest BCUT2D eigenvalue weighted by Crippen LogP contribution is 2.19. The van der Waals surface area contributed by atoms with Gasteiger partial charge in [0.15, 0.2) is 0 Å². The highest BCUT2D eigenvalue weighted by Gasteiger charge is 2.31. The number of hydrogen-bond donors (Lipinski definition) is 1. The Hall–Kier alpha value is -0.650. The molecule has 1 fully saturated rings. The Bertz CT molecular complexity index is 278. The molecule has 18 heavy (non-hydrogen) atoms. The van der Waals surface area contributed by atoms with Crippen LogP contribution >= 0.6 is 0 Å². The maximum Gasteiger partial charge on any atom is 0.308 e. The lowest BCUT2D eigenvalue weighted by molar-refractivity contribution is -0.146. The average Bonchev–Trinajstić information content (AvgIpc) is 2.28. The van der Waals surface area contributed by atoms with Crippen molar-refractivity contribution in [3.8, 4) is 0 Å². The molecule has 0 bridgehead atoms. The van der Waals surface area contributed by atoms with Crippen molar-refractivity contribution in [3.05, 3.63) is 0 Å². The van der Waals surface area contributed by atoms with Crippen molar-refractivity contribution in [1.29, 1.82) is 0 Å². The summed E-state index contributed by atoms with van der Waals surface area (Å²) in [4.78, 5) is 13.4. The summed E-state index contributed by atoms with van der Waals surface area (Å²) in [7, 11) is 1.38. The van der Waals surface area contributed by atoms with Gasteiger partial charge in [-0.2, -0.15) is 0 Å². The molecule has 0 saturated carbocycles. The van der Waals surface area contributed by atoms with E-state index < -0.39 is 5.60 Å². The highest BCUT2D eigenvalue weighted by atomic mass is 16.5. The minimum absolute atomic E-state index is 0.130. The van der Waals surface area contributed by atoms with Crippen molar-refractivity contribution in [2.75, 3.05) is 33.4 Å². The lowest BCUT2D eigenvalue weighted by Gasteiger charge is -2.38. The molecule has 0 aliphatic carbocycles. The van der Waals surface area contributed by atoms with Crippen molar-refractivity contribution in [2.45, 2.75) is 38.9 Å². The second-order valence-electron chi connectivity index (χ2n) is 5.52. The van der Waals surface area contributed by atoms with Crippen LogP contribution in [0, 0.1) is 5.92 Å². The lowest BCUT2D eigenvalue weighted by Crippen LogP contribution is -2.51. The van der Waals surface area contributed by atoms with Crippen molar-refractivity contribution >= 4 is 5.97 Å². The number of carbonyl (C=O) groups is 1.